The molecule has 1 saturated heterocycles. The highest BCUT2D eigenvalue weighted by Gasteiger charge is 2.28. The summed E-state index contributed by atoms with van der Waals surface area (Å²) in [6.45, 7) is 8.58. The molecule has 1 heterocycles. The number of nitrogens with zero attached hydrogens (tertiary/aromatic N) is 1. The lowest BCUT2D eigenvalue weighted by atomic mass is 9.86. The van der Waals surface area contributed by atoms with Gasteiger partial charge in [0.1, 0.15) is 0 Å². The van der Waals surface area contributed by atoms with Crippen LogP contribution in [0, 0.1) is 0 Å². The van der Waals surface area contributed by atoms with Crippen LogP contribution >= 0.6 is 0 Å². The fourth-order valence-corrected chi connectivity index (χ4v) is 2.75. The molecular formula is C19H26N2O3. The SMILES string of the molecule is CC(NC(=O)CCN1C(=O)CCC1=O)c1ccc(C(C)(C)C)cc1. The van der Waals surface area contributed by atoms with E-state index in [1.165, 1.54) is 10.5 Å². The third-order valence-corrected chi connectivity index (χ3v) is 4.37. The van der Waals surface area contributed by atoms with Gasteiger partial charge >= 0.3 is 0 Å². The average Bonchev–Trinajstić information content (AvgIpc) is 2.83. The number of likely N-dealkylation sites (tertiary alicyclic amines) is 1. The molecule has 0 saturated carbocycles. The Kier molecular flexibility index (Phi) is 5.42. The highest BCUT2D eigenvalue weighted by molar-refractivity contribution is 6.02. The molecule has 1 fully saturated rings. The lowest BCUT2D eigenvalue weighted by Crippen LogP contribution is -2.34. The monoisotopic (exact) mass is 330 g/mol. The first kappa shape index (κ1) is 18.2. The van der Waals surface area contributed by atoms with Gasteiger partial charge in [0.2, 0.25) is 17.7 Å². The van der Waals surface area contributed by atoms with Crippen molar-refractivity contribution < 1.29 is 14.4 Å². The van der Waals surface area contributed by atoms with Gasteiger partial charge in [0.25, 0.3) is 0 Å². The van der Waals surface area contributed by atoms with Crippen LogP contribution in [0.5, 0.6) is 0 Å². The normalized spacial score (nSPS) is 16.4. The number of nitrogens with one attached hydrogen (secondary N) is 1. The molecule has 1 N–H and O–H groups in total. The van der Waals surface area contributed by atoms with Crippen LogP contribution in [-0.4, -0.2) is 29.2 Å². The summed E-state index contributed by atoms with van der Waals surface area (Å²) in [6.07, 6.45) is 0.663. The van der Waals surface area contributed by atoms with Gasteiger partial charge in [0, 0.05) is 25.8 Å². The molecule has 1 atom stereocenters. The molecular weight excluding hydrogens is 304 g/mol. The lowest BCUT2D eigenvalue weighted by Gasteiger charge is -2.21. The second kappa shape index (κ2) is 7.16. The summed E-state index contributed by atoms with van der Waals surface area (Å²) >= 11 is 0. The van der Waals surface area contributed by atoms with Crippen molar-refractivity contribution in [3.8, 4) is 0 Å². The van der Waals surface area contributed by atoms with Crippen molar-refractivity contribution in [2.45, 2.75) is 58.4 Å². The topological polar surface area (TPSA) is 66.5 Å². The molecule has 0 aliphatic carbocycles. The largest absolute Gasteiger partial charge is 0.350 e. The van der Waals surface area contributed by atoms with Gasteiger partial charge in [-0.2, -0.15) is 0 Å². The molecule has 1 aromatic rings. The quantitative estimate of drug-likeness (QED) is 0.844. The Morgan fingerprint density at radius 2 is 1.67 bits per heavy atom. The zero-order chi connectivity index (χ0) is 17.9. The molecule has 1 unspecified atom stereocenters. The van der Waals surface area contributed by atoms with Crippen LogP contribution in [0.3, 0.4) is 0 Å². The molecule has 2 rings (SSSR count). The van der Waals surface area contributed by atoms with Crippen LogP contribution in [0.25, 0.3) is 0 Å². The van der Waals surface area contributed by atoms with Gasteiger partial charge in [-0.1, -0.05) is 45.0 Å². The van der Waals surface area contributed by atoms with E-state index >= 15 is 0 Å². The Morgan fingerprint density at radius 3 is 2.17 bits per heavy atom. The van der Waals surface area contributed by atoms with Crippen LogP contribution < -0.4 is 5.32 Å². The number of carbonyl (C=O) groups excluding carboxylic acids is 3. The maximum Gasteiger partial charge on any atom is 0.229 e. The maximum atomic E-state index is 12.1. The zero-order valence-corrected chi connectivity index (χ0v) is 14.9. The van der Waals surface area contributed by atoms with Gasteiger partial charge in [-0.05, 0) is 23.5 Å². The summed E-state index contributed by atoms with van der Waals surface area (Å²) in [7, 11) is 0. The lowest BCUT2D eigenvalue weighted by molar-refractivity contribution is -0.138. The first-order valence-electron chi connectivity index (χ1n) is 8.41. The third-order valence-electron chi connectivity index (χ3n) is 4.37. The first-order valence-corrected chi connectivity index (χ1v) is 8.41. The fraction of sp³-hybridized carbons (Fsp3) is 0.526. The van der Waals surface area contributed by atoms with Crippen molar-refractivity contribution in [1.29, 1.82) is 0 Å². The molecule has 5 nitrogen and oxygen atoms in total. The first-order chi connectivity index (χ1) is 11.2. The van der Waals surface area contributed by atoms with E-state index in [0.29, 0.717) is 0 Å². The van der Waals surface area contributed by atoms with Gasteiger partial charge < -0.3 is 5.32 Å². The van der Waals surface area contributed by atoms with E-state index < -0.39 is 0 Å². The molecule has 0 bridgehead atoms. The molecule has 24 heavy (non-hydrogen) atoms. The van der Waals surface area contributed by atoms with Crippen molar-refractivity contribution in [2.24, 2.45) is 0 Å². The molecule has 0 radical (unpaired) electrons. The highest BCUT2D eigenvalue weighted by atomic mass is 16.2. The van der Waals surface area contributed by atoms with Gasteiger partial charge in [-0.25, -0.2) is 0 Å². The minimum Gasteiger partial charge on any atom is -0.350 e. The van der Waals surface area contributed by atoms with E-state index in [4.69, 9.17) is 0 Å². The zero-order valence-electron chi connectivity index (χ0n) is 14.9. The summed E-state index contributed by atoms with van der Waals surface area (Å²) in [5, 5.41) is 2.92. The summed E-state index contributed by atoms with van der Waals surface area (Å²) in [5.74, 6) is -0.521. The second-order valence-electron chi connectivity index (χ2n) is 7.35. The maximum absolute atomic E-state index is 12.1. The Labute approximate surface area is 143 Å². The number of hydrogen-bond donors (Lipinski definition) is 1. The number of benzene rings is 1. The average molecular weight is 330 g/mol. The van der Waals surface area contributed by atoms with Crippen LogP contribution in [0.4, 0.5) is 0 Å². The Morgan fingerprint density at radius 1 is 1.12 bits per heavy atom. The number of imide groups is 1. The van der Waals surface area contributed by atoms with Crippen molar-refractivity contribution in [3.63, 3.8) is 0 Å². The second-order valence-corrected chi connectivity index (χ2v) is 7.35. The van der Waals surface area contributed by atoms with Gasteiger partial charge in [0.05, 0.1) is 6.04 Å². The molecule has 5 heteroatoms. The number of amides is 3. The Bertz CT molecular complexity index is 613. The van der Waals surface area contributed by atoms with Crippen LogP contribution in [0.1, 0.15) is 64.1 Å². The third kappa shape index (κ3) is 4.43. The van der Waals surface area contributed by atoms with E-state index in [1.807, 2.05) is 19.1 Å². The number of hydrogen-bond acceptors (Lipinski definition) is 3. The van der Waals surface area contributed by atoms with Gasteiger partial charge in [-0.3, -0.25) is 19.3 Å². The van der Waals surface area contributed by atoms with E-state index in [2.05, 4.69) is 38.2 Å². The molecule has 1 aromatic carbocycles. The van der Waals surface area contributed by atoms with E-state index in [-0.39, 0.29) is 55.0 Å². The van der Waals surface area contributed by atoms with E-state index in [1.54, 1.807) is 0 Å². The van der Waals surface area contributed by atoms with Crippen molar-refractivity contribution >= 4 is 17.7 Å². The molecule has 1 aliphatic heterocycles. The van der Waals surface area contributed by atoms with Crippen molar-refractivity contribution in [3.05, 3.63) is 35.4 Å². The smallest absolute Gasteiger partial charge is 0.229 e. The van der Waals surface area contributed by atoms with Crippen LogP contribution in [-0.2, 0) is 19.8 Å². The van der Waals surface area contributed by atoms with Crippen LogP contribution in [0.15, 0.2) is 24.3 Å². The summed E-state index contributed by atoms with van der Waals surface area (Å²) in [6, 6.07) is 8.11. The number of carbonyl (C=O) groups is 3. The Hall–Kier alpha value is -2.17. The molecule has 1 aliphatic rings. The molecule has 0 aromatic heterocycles. The minimum absolute atomic E-state index is 0.0970. The molecule has 3 amide bonds. The molecule has 130 valence electrons. The summed E-state index contributed by atoms with van der Waals surface area (Å²) in [5.41, 5.74) is 2.38. The van der Waals surface area contributed by atoms with Crippen molar-refractivity contribution in [2.75, 3.05) is 6.54 Å². The standard InChI is InChI=1S/C19H26N2O3/c1-13(14-5-7-15(8-6-14)19(2,3)4)20-16(22)11-12-21-17(23)9-10-18(21)24/h5-8,13H,9-12H2,1-4H3,(H,20,22). The van der Waals surface area contributed by atoms with Gasteiger partial charge in [-0.15, -0.1) is 0 Å². The fourth-order valence-electron chi connectivity index (χ4n) is 2.75. The van der Waals surface area contributed by atoms with Crippen LogP contribution in [0.2, 0.25) is 0 Å². The molecule has 0 spiro atoms. The summed E-state index contributed by atoms with van der Waals surface area (Å²) < 4.78 is 0. The number of rotatable bonds is 5. The van der Waals surface area contributed by atoms with E-state index in [0.717, 1.165) is 5.56 Å². The van der Waals surface area contributed by atoms with E-state index in [9.17, 15) is 14.4 Å². The van der Waals surface area contributed by atoms with Crippen molar-refractivity contribution in [1.82, 2.24) is 10.2 Å². The predicted molar refractivity (Wildman–Crippen MR) is 92.3 cm³/mol. The minimum atomic E-state index is -0.182. The summed E-state index contributed by atoms with van der Waals surface area (Å²) in [4.78, 5) is 36.3. The van der Waals surface area contributed by atoms with Gasteiger partial charge in [0.15, 0.2) is 0 Å². The highest BCUT2D eigenvalue weighted by Crippen LogP contribution is 2.24. The Balaban J connectivity index is 1.87. The predicted octanol–water partition coefficient (Wildman–Crippen LogP) is 2.70.